The number of aryl methyl sites for hydroxylation is 2. The Kier molecular flexibility index (Phi) is 4.23. The minimum atomic E-state index is -0.384. The van der Waals surface area contributed by atoms with Gasteiger partial charge < -0.3 is 5.32 Å². The van der Waals surface area contributed by atoms with Gasteiger partial charge in [-0.25, -0.2) is 4.39 Å². The molecule has 19 heavy (non-hydrogen) atoms. The molecule has 0 aliphatic carbocycles. The topological polar surface area (TPSA) is 12.0 Å². The van der Waals surface area contributed by atoms with Crippen LogP contribution in [0.25, 0.3) is 11.1 Å². The molecule has 1 nitrogen and oxygen atoms in total. The van der Waals surface area contributed by atoms with Crippen LogP contribution >= 0.6 is 11.6 Å². The molecule has 2 aromatic carbocycles. The molecule has 0 fully saturated rings. The normalized spacial score (nSPS) is 10.8. The summed E-state index contributed by atoms with van der Waals surface area (Å²) >= 11 is 5.84. The molecule has 0 atom stereocenters. The van der Waals surface area contributed by atoms with Crippen molar-refractivity contribution in [1.29, 1.82) is 0 Å². The van der Waals surface area contributed by atoms with Crippen LogP contribution in [-0.2, 0) is 6.54 Å². The van der Waals surface area contributed by atoms with E-state index in [0.29, 0.717) is 0 Å². The quantitative estimate of drug-likeness (QED) is 0.872. The second kappa shape index (κ2) is 5.72. The smallest absolute Gasteiger partial charge is 0.141 e. The van der Waals surface area contributed by atoms with Crippen LogP contribution < -0.4 is 5.32 Å². The SMILES string of the molecule is CNCc1c(C)cc(-c2ccc(F)c(Cl)c2)cc1C. The van der Waals surface area contributed by atoms with E-state index in [0.717, 1.165) is 17.7 Å². The molecule has 0 heterocycles. The molecule has 0 bridgehead atoms. The summed E-state index contributed by atoms with van der Waals surface area (Å²) in [6.45, 7) is 5.03. The lowest BCUT2D eigenvalue weighted by atomic mass is 9.95. The maximum atomic E-state index is 13.2. The first-order valence-corrected chi connectivity index (χ1v) is 6.61. The Bertz CT molecular complexity index is 585. The average Bonchev–Trinajstić information content (AvgIpc) is 2.37. The lowest BCUT2D eigenvalue weighted by molar-refractivity contribution is 0.628. The highest BCUT2D eigenvalue weighted by molar-refractivity contribution is 6.31. The lowest BCUT2D eigenvalue weighted by Crippen LogP contribution is -2.08. The predicted octanol–water partition coefficient (Wildman–Crippen LogP) is 4.48. The third-order valence-corrected chi connectivity index (χ3v) is 3.59. The van der Waals surface area contributed by atoms with E-state index in [1.807, 2.05) is 7.05 Å². The molecule has 100 valence electrons. The van der Waals surface area contributed by atoms with E-state index in [-0.39, 0.29) is 10.8 Å². The second-order valence-corrected chi connectivity index (χ2v) is 5.16. The molecule has 0 unspecified atom stereocenters. The van der Waals surface area contributed by atoms with Crippen LogP contribution in [0, 0.1) is 19.7 Å². The number of nitrogens with one attached hydrogen (secondary N) is 1. The zero-order chi connectivity index (χ0) is 14.0. The standard InChI is InChI=1S/C16H17ClFN/c1-10-6-13(7-11(2)14(10)9-19-3)12-4-5-16(18)15(17)8-12/h4-8,19H,9H2,1-3H3. The Hall–Kier alpha value is -1.38. The zero-order valence-corrected chi connectivity index (χ0v) is 12.1. The van der Waals surface area contributed by atoms with Crippen molar-refractivity contribution in [2.24, 2.45) is 0 Å². The van der Waals surface area contributed by atoms with Crippen LogP contribution in [-0.4, -0.2) is 7.05 Å². The van der Waals surface area contributed by atoms with Crippen molar-refractivity contribution in [2.75, 3.05) is 7.05 Å². The van der Waals surface area contributed by atoms with E-state index in [2.05, 4.69) is 31.3 Å². The van der Waals surface area contributed by atoms with E-state index in [1.54, 1.807) is 12.1 Å². The van der Waals surface area contributed by atoms with E-state index in [4.69, 9.17) is 11.6 Å². The summed E-state index contributed by atoms with van der Waals surface area (Å²) in [7, 11) is 1.94. The molecular weight excluding hydrogens is 261 g/mol. The van der Waals surface area contributed by atoms with Gasteiger partial charge in [0.15, 0.2) is 0 Å². The van der Waals surface area contributed by atoms with Gasteiger partial charge in [-0.05, 0) is 60.8 Å². The highest BCUT2D eigenvalue weighted by Gasteiger charge is 2.08. The molecule has 0 saturated heterocycles. The van der Waals surface area contributed by atoms with Gasteiger partial charge in [-0.2, -0.15) is 0 Å². The van der Waals surface area contributed by atoms with Crippen LogP contribution in [0.4, 0.5) is 4.39 Å². The van der Waals surface area contributed by atoms with Crippen molar-refractivity contribution in [3.05, 3.63) is 57.9 Å². The number of rotatable bonds is 3. The van der Waals surface area contributed by atoms with Gasteiger partial charge in [0.05, 0.1) is 5.02 Å². The average molecular weight is 278 g/mol. The predicted molar refractivity (Wildman–Crippen MR) is 79.1 cm³/mol. The second-order valence-electron chi connectivity index (χ2n) is 4.75. The monoisotopic (exact) mass is 277 g/mol. The summed E-state index contributed by atoms with van der Waals surface area (Å²) in [4.78, 5) is 0. The van der Waals surface area contributed by atoms with Crippen LogP contribution in [0.5, 0.6) is 0 Å². The van der Waals surface area contributed by atoms with Crippen LogP contribution in [0.1, 0.15) is 16.7 Å². The highest BCUT2D eigenvalue weighted by atomic mass is 35.5. The minimum absolute atomic E-state index is 0.159. The molecule has 1 N–H and O–H groups in total. The highest BCUT2D eigenvalue weighted by Crippen LogP contribution is 2.28. The van der Waals surface area contributed by atoms with Crippen LogP contribution in [0.2, 0.25) is 5.02 Å². The van der Waals surface area contributed by atoms with Gasteiger partial charge in [0.2, 0.25) is 0 Å². The molecule has 3 heteroatoms. The lowest BCUT2D eigenvalue weighted by Gasteiger charge is -2.13. The Morgan fingerprint density at radius 2 is 1.68 bits per heavy atom. The summed E-state index contributed by atoms with van der Waals surface area (Å²) in [5, 5.41) is 3.33. The van der Waals surface area contributed by atoms with Crippen molar-refractivity contribution in [3.63, 3.8) is 0 Å². The Labute approximate surface area is 118 Å². The summed E-state index contributed by atoms with van der Waals surface area (Å²) in [5.74, 6) is -0.384. The Balaban J connectivity index is 2.48. The summed E-state index contributed by atoms with van der Waals surface area (Å²) in [6.07, 6.45) is 0. The van der Waals surface area contributed by atoms with Gasteiger partial charge in [-0.15, -0.1) is 0 Å². The van der Waals surface area contributed by atoms with Crippen molar-refractivity contribution >= 4 is 11.6 Å². The minimum Gasteiger partial charge on any atom is -0.316 e. The first-order valence-electron chi connectivity index (χ1n) is 6.23. The molecule has 0 saturated carbocycles. The number of halogens is 2. The largest absolute Gasteiger partial charge is 0.316 e. The van der Waals surface area contributed by atoms with Crippen LogP contribution in [0.15, 0.2) is 30.3 Å². The van der Waals surface area contributed by atoms with Gasteiger partial charge in [0.1, 0.15) is 5.82 Å². The van der Waals surface area contributed by atoms with Crippen molar-refractivity contribution in [3.8, 4) is 11.1 Å². The maximum absolute atomic E-state index is 13.2. The maximum Gasteiger partial charge on any atom is 0.141 e. The summed E-state index contributed by atoms with van der Waals surface area (Å²) in [5.41, 5.74) is 5.76. The number of benzene rings is 2. The van der Waals surface area contributed by atoms with Gasteiger partial charge in [-0.3, -0.25) is 0 Å². The van der Waals surface area contributed by atoms with Crippen LogP contribution in [0.3, 0.4) is 0 Å². The molecule has 0 aromatic heterocycles. The van der Waals surface area contributed by atoms with Crippen molar-refractivity contribution in [1.82, 2.24) is 5.32 Å². The molecule has 0 amide bonds. The molecule has 2 aromatic rings. The third-order valence-electron chi connectivity index (χ3n) is 3.30. The number of hydrogen-bond donors (Lipinski definition) is 1. The molecule has 0 aliphatic heterocycles. The molecular formula is C16H17ClFN. The molecule has 0 aliphatic rings. The van der Waals surface area contributed by atoms with Crippen molar-refractivity contribution in [2.45, 2.75) is 20.4 Å². The van der Waals surface area contributed by atoms with E-state index in [9.17, 15) is 4.39 Å². The Morgan fingerprint density at radius 3 is 2.21 bits per heavy atom. The number of hydrogen-bond acceptors (Lipinski definition) is 1. The fraction of sp³-hybridized carbons (Fsp3) is 0.250. The van der Waals surface area contributed by atoms with Gasteiger partial charge in [0, 0.05) is 6.54 Å². The first-order chi connectivity index (χ1) is 9.02. The summed E-state index contributed by atoms with van der Waals surface area (Å²) < 4.78 is 13.2. The fourth-order valence-electron chi connectivity index (χ4n) is 2.29. The fourth-order valence-corrected chi connectivity index (χ4v) is 2.47. The summed E-state index contributed by atoms with van der Waals surface area (Å²) in [6, 6.07) is 9.06. The molecule has 0 spiro atoms. The van der Waals surface area contributed by atoms with E-state index in [1.165, 1.54) is 22.8 Å². The van der Waals surface area contributed by atoms with E-state index >= 15 is 0 Å². The third kappa shape index (κ3) is 2.96. The van der Waals surface area contributed by atoms with Gasteiger partial charge in [-0.1, -0.05) is 29.8 Å². The molecule has 0 radical (unpaired) electrons. The Morgan fingerprint density at radius 1 is 1.05 bits per heavy atom. The van der Waals surface area contributed by atoms with E-state index < -0.39 is 0 Å². The zero-order valence-electron chi connectivity index (χ0n) is 11.3. The molecule has 2 rings (SSSR count). The first kappa shape index (κ1) is 14.0. The van der Waals surface area contributed by atoms with Gasteiger partial charge in [0.25, 0.3) is 0 Å². The van der Waals surface area contributed by atoms with Gasteiger partial charge >= 0.3 is 0 Å². The van der Waals surface area contributed by atoms with Crippen molar-refractivity contribution < 1.29 is 4.39 Å².